The molecular formula is C5H9BO. The van der Waals surface area contributed by atoms with E-state index in [2.05, 4.69) is 0 Å². The Morgan fingerprint density at radius 2 is 2.29 bits per heavy atom. The smallest absolute Gasteiger partial charge is 0.0847 e. The Morgan fingerprint density at radius 1 is 1.86 bits per heavy atom. The van der Waals surface area contributed by atoms with E-state index in [0.717, 1.165) is 0 Å². The summed E-state index contributed by atoms with van der Waals surface area (Å²) in [6.45, 7) is 3.41. The predicted molar refractivity (Wildman–Crippen MR) is 31.6 cm³/mol. The molecule has 1 atom stereocenters. The maximum Gasteiger partial charge on any atom is 0.0847 e. The lowest BCUT2D eigenvalue weighted by atomic mass is 9.89. The summed E-state index contributed by atoms with van der Waals surface area (Å²) in [4.78, 5) is 0. The molecule has 0 aliphatic heterocycles. The fourth-order valence-electron chi connectivity index (χ4n) is 0.380. The third-order valence-electron chi connectivity index (χ3n) is 0.504. The van der Waals surface area contributed by atoms with Crippen molar-refractivity contribution in [1.29, 1.82) is 0 Å². The second kappa shape index (κ2) is 2.72. The Labute approximate surface area is 45.5 Å². The monoisotopic (exact) mass is 96.1 g/mol. The van der Waals surface area contributed by atoms with Gasteiger partial charge in [-0.2, -0.15) is 0 Å². The van der Waals surface area contributed by atoms with E-state index in [4.69, 9.17) is 13.0 Å². The number of rotatable bonds is 1. The molecule has 0 aliphatic rings. The molecule has 7 heavy (non-hydrogen) atoms. The van der Waals surface area contributed by atoms with Crippen LogP contribution in [0.15, 0.2) is 11.8 Å². The van der Waals surface area contributed by atoms with Crippen molar-refractivity contribution >= 4 is 7.85 Å². The molecule has 0 bridgehead atoms. The van der Waals surface area contributed by atoms with E-state index in [-0.39, 0.29) is 11.6 Å². The molecule has 2 radical (unpaired) electrons. The first kappa shape index (κ1) is 6.60. The van der Waals surface area contributed by atoms with Gasteiger partial charge in [-0.05, 0) is 6.92 Å². The summed E-state index contributed by atoms with van der Waals surface area (Å²) in [6.07, 6.45) is 1.58. The normalized spacial score (nSPS) is 16.6. The quantitative estimate of drug-likeness (QED) is 0.386. The summed E-state index contributed by atoms with van der Waals surface area (Å²) in [7, 11) is 5.26. The molecule has 1 N–H and O–H groups in total. The summed E-state index contributed by atoms with van der Waals surface area (Å²) in [5.74, 6) is 0.250. The first-order valence-corrected chi connectivity index (χ1v) is 2.26. The lowest BCUT2D eigenvalue weighted by molar-refractivity contribution is 0.412. The highest BCUT2D eigenvalue weighted by molar-refractivity contribution is 6.12. The molecule has 0 rings (SSSR count). The molecule has 0 aromatic heterocycles. The van der Waals surface area contributed by atoms with Gasteiger partial charge in [-0.3, -0.25) is 0 Å². The molecule has 0 aromatic rings. The van der Waals surface area contributed by atoms with Gasteiger partial charge in [-0.15, -0.1) is 0 Å². The van der Waals surface area contributed by atoms with Gasteiger partial charge >= 0.3 is 0 Å². The summed E-state index contributed by atoms with van der Waals surface area (Å²) < 4.78 is 0. The van der Waals surface area contributed by atoms with Crippen molar-refractivity contribution in [2.45, 2.75) is 19.7 Å². The topological polar surface area (TPSA) is 20.2 Å². The molecule has 0 aliphatic carbocycles. The van der Waals surface area contributed by atoms with Gasteiger partial charge in [-0.1, -0.05) is 18.8 Å². The molecular weight excluding hydrogens is 86.9 g/mol. The van der Waals surface area contributed by atoms with Crippen LogP contribution in [0.2, 0.25) is 5.82 Å². The van der Waals surface area contributed by atoms with E-state index in [1.807, 2.05) is 0 Å². The van der Waals surface area contributed by atoms with Crippen molar-refractivity contribution in [3.63, 3.8) is 0 Å². The maximum absolute atomic E-state index is 8.50. The molecule has 0 saturated carbocycles. The predicted octanol–water partition coefficient (Wildman–Crippen LogP) is 1.43. The van der Waals surface area contributed by atoms with Crippen molar-refractivity contribution in [1.82, 2.24) is 0 Å². The van der Waals surface area contributed by atoms with E-state index >= 15 is 0 Å². The van der Waals surface area contributed by atoms with Crippen LogP contribution in [0.25, 0.3) is 0 Å². The lowest BCUT2D eigenvalue weighted by Crippen LogP contribution is -1.79. The number of aliphatic hydroxyl groups excluding tert-OH is 1. The average Bonchev–Trinajstić information content (AvgIpc) is 1.27. The zero-order valence-corrected chi connectivity index (χ0v) is 4.68. The zero-order valence-electron chi connectivity index (χ0n) is 4.68. The second-order valence-electron chi connectivity index (χ2n) is 1.67. The summed E-state index contributed by atoms with van der Waals surface area (Å²) in [5, 5.41) is 8.50. The minimum atomic E-state index is -0.0370. The number of hydrogen-bond donors (Lipinski definition) is 1. The van der Waals surface area contributed by atoms with Crippen LogP contribution in [-0.4, -0.2) is 13.0 Å². The lowest BCUT2D eigenvalue weighted by Gasteiger charge is -1.92. The summed E-state index contributed by atoms with van der Waals surface area (Å²) in [6, 6.07) is 0. The van der Waals surface area contributed by atoms with Crippen LogP contribution in [-0.2, 0) is 0 Å². The highest BCUT2D eigenvalue weighted by Gasteiger charge is 1.84. The fourth-order valence-corrected chi connectivity index (χ4v) is 0.380. The highest BCUT2D eigenvalue weighted by Crippen LogP contribution is 1.99. The SMILES string of the molecule is [B]C(C)/C=C(/C)O. The van der Waals surface area contributed by atoms with Gasteiger partial charge in [0.05, 0.1) is 13.6 Å². The third-order valence-corrected chi connectivity index (χ3v) is 0.504. The van der Waals surface area contributed by atoms with Crippen molar-refractivity contribution in [2.75, 3.05) is 0 Å². The first-order valence-electron chi connectivity index (χ1n) is 2.26. The van der Waals surface area contributed by atoms with Gasteiger partial charge in [0.15, 0.2) is 0 Å². The van der Waals surface area contributed by atoms with Gasteiger partial charge in [0, 0.05) is 0 Å². The zero-order chi connectivity index (χ0) is 5.86. The number of aliphatic hydroxyl groups is 1. The molecule has 38 valence electrons. The van der Waals surface area contributed by atoms with Gasteiger partial charge in [-0.25, -0.2) is 0 Å². The Hall–Kier alpha value is -0.395. The van der Waals surface area contributed by atoms with Gasteiger partial charge in [0.25, 0.3) is 0 Å². The maximum atomic E-state index is 8.50. The van der Waals surface area contributed by atoms with Gasteiger partial charge in [0.2, 0.25) is 0 Å². The van der Waals surface area contributed by atoms with Crippen LogP contribution in [0.4, 0.5) is 0 Å². The molecule has 0 spiro atoms. The van der Waals surface area contributed by atoms with E-state index < -0.39 is 0 Å². The Balaban J connectivity index is 3.45. The van der Waals surface area contributed by atoms with E-state index in [1.54, 1.807) is 19.9 Å². The fraction of sp³-hybridized carbons (Fsp3) is 0.600. The molecule has 0 amide bonds. The molecule has 0 fully saturated rings. The van der Waals surface area contributed by atoms with E-state index in [9.17, 15) is 0 Å². The van der Waals surface area contributed by atoms with Crippen LogP contribution >= 0.6 is 0 Å². The third kappa shape index (κ3) is 5.60. The standard InChI is InChI=1S/C5H9BO/c1-4(6)3-5(2)7/h3-4,7H,1-2H3/b5-3-. The number of hydrogen-bond acceptors (Lipinski definition) is 1. The van der Waals surface area contributed by atoms with Crippen LogP contribution in [0, 0.1) is 0 Å². The first-order chi connectivity index (χ1) is 3.13. The van der Waals surface area contributed by atoms with Crippen molar-refractivity contribution < 1.29 is 5.11 Å². The van der Waals surface area contributed by atoms with E-state index in [0.29, 0.717) is 0 Å². The molecule has 0 saturated heterocycles. The van der Waals surface area contributed by atoms with Crippen molar-refractivity contribution in [3.8, 4) is 0 Å². The van der Waals surface area contributed by atoms with Crippen LogP contribution < -0.4 is 0 Å². The van der Waals surface area contributed by atoms with Gasteiger partial charge in [0.1, 0.15) is 0 Å². The molecule has 2 heteroatoms. The minimum absolute atomic E-state index is 0.0370. The number of allylic oxidation sites excluding steroid dienone is 2. The highest BCUT2D eigenvalue weighted by atomic mass is 16.3. The van der Waals surface area contributed by atoms with E-state index in [1.165, 1.54) is 0 Å². The molecule has 0 aromatic carbocycles. The molecule has 1 unspecified atom stereocenters. The van der Waals surface area contributed by atoms with Crippen LogP contribution in [0.1, 0.15) is 13.8 Å². The summed E-state index contributed by atoms with van der Waals surface area (Å²) in [5.41, 5.74) is 0. The van der Waals surface area contributed by atoms with Gasteiger partial charge < -0.3 is 5.11 Å². The Bertz CT molecular complexity index is 72.1. The Morgan fingerprint density at radius 3 is 2.29 bits per heavy atom. The van der Waals surface area contributed by atoms with Crippen molar-refractivity contribution in [3.05, 3.63) is 11.8 Å². The minimum Gasteiger partial charge on any atom is -0.513 e. The van der Waals surface area contributed by atoms with Crippen molar-refractivity contribution in [2.24, 2.45) is 0 Å². The molecule has 0 heterocycles. The average molecular weight is 95.9 g/mol. The van der Waals surface area contributed by atoms with Crippen LogP contribution in [0.5, 0.6) is 0 Å². The Kier molecular flexibility index (Phi) is 2.57. The second-order valence-corrected chi connectivity index (χ2v) is 1.67. The largest absolute Gasteiger partial charge is 0.513 e. The van der Waals surface area contributed by atoms with Crippen LogP contribution in [0.3, 0.4) is 0 Å². The summed E-state index contributed by atoms with van der Waals surface area (Å²) >= 11 is 0. The molecule has 1 nitrogen and oxygen atoms in total.